The van der Waals surface area contributed by atoms with E-state index in [1.807, 2.05) is 55.7 Å². The van der Waals surface area contributed by atoms with Crippen molar-refractivity contribution >= 4 is 23.3 Å². The monoisotopic (exact) mass is 418 g/mol. The minimum absolute atomic E-state index is 0.127. The summed E-state index contributed by atoms with van der Waals surface area (Å²) < 4.78 is 7.32. The van der Waals surface area contributed by atoms with Crippen LogP contribution in [0, 0.1) is 13.8 Å². The van der Waals surface area contributed by atoms with Crippen LogP contribution >= 0.6 is 0 Å². The number of para-hydroxylation sites is 1. The second kappa shape index (κ2) is 9.43. The zero-order valence-electron chi connectivity index (χ0n) is 18.2. The second-order valence-electron chi connectivity index (χ2n) is 7.27. The van der Waals surface area contributed by atoms with Gasteiger partial charge in [-0.05, 0) is 51.1 Å². The molecular weight excluding hydrogens is 392 g/mol. The Morgan fingerprint density at radius 1 is 0.903 bits per heavy atom. The molecule has 0 unspecified atom stereocenters. The van der Waals surface area contributed by atoms with Crippen LogP contribution in [0.25, 0.3) is 0 Å². The van der Waals surface area contributed by atoms with Gasteiger partial charge in [0.1, 0.15) is 0 Å². The molecule has 0 aliphatic rings. The molecule has 1 amide bonds. The van der Waals surface area contributed by atoms with E-state index in [0.29, 0.717) is 11.3 Å². The molecule has 1 heterocycles. The lowest BCUT2D eigenvalue weighted by Gasteiger charge is -2.18. The van der Waals surface area contributed by atoms with E-state index in [1.165, 1.54) is 11.0 Å². The van der Waals surface area contributed by atoms with E-state index in [4.69, 9.17) is 4.74 Å². The quantitative estimate of drug-likeness (QED) is 0.420. The van der Waals surface area contributed by atoms with E-state index in [1.54, 1.807) is 31.3 Å². The summed E-state index contributed by atoms with van der Waals surface area (Å²) in [6, 6.07) is 17.4. The smallest absolute Gasteiger partial charge is 0.339 e. The maximum atomic E-state index is 13.0. The Balaban J connectivity index is 1.76. The van der Waals surface area contributed by atoms with Crippen LogP contribution in [-0.4, -0.2) is 35.9 Å². The van der Waals surface area contributed by atoms with Crippen LogP contribution in [0.15, 0.2) is 60.7 Å². The highest BCUT2D eigenvalue weighted by molar-refractivity contribution is 6.12. The third-order valence-electron chi connectivity index (χ3n) is 5.35. The van der Waals surface area contributed by atoms with Crippen LogP contribution in [0.3, 0.4) is 0 Å². The van der Waals surface area contributed by atoms with Crippen molar-refractivity contribution < 1.29 is 19.1 Å². The predicted molar refractivity (Wildman–Crippen MR) is 120 cm³/mol. The summed E-state index contributed by atoms with van der Waals surface area (Å²) in [6.45, 7) is 6.19. The van der Waals surface area contributed by atoms with E-state index >= 15 is 0 Å². The van der Waals surface area contributed by atoms with Crippen LogP contribution in [0.2, 0.25) is 0 Å². The largest absolute Gasteiger partial charge is 0.454 e. The number of aryl methyl sites for hydroxylation is 1. The van der Waals surface area contributed by atoms with E-state index in [0.717, 1.165) is 17.9 Å². The van der Waals surface area contributed by atoms with E-state index < -0.39 is 5.97 Å². The average molecular weight is 418 g/mol. The van der Waals surface area contributed by atoms with E-state index in [2.05, 4.69) is 0 Å². The summed E-state index contributed by atoms with van der Waals surface area (Å²) in [5, 5.41) is 0. The minimum Gasteiger partial charge on any atom is -0.454 e. The summed E-state index contributed by atoms with van der Waals surface area (Å²) in [5.41, 5.74) is 3.42. The van der Waals surface area contributed by atoms with Gasteiger partial charge in [-0.3, -0.25) is 9.59 Å². The Morgan fingerprint density at radius 3 is 2.13 bits per heavy atom. The van der Waals surface area contributed by atoms with Crippen molar-refractivity contribution in [1.29, 1.82) is 0 Å². The Bertz CT molecular complexity index is 1120. The van der Waals surface area contributed by atoms with Gasteiger partial charge in [-0.25, -0.2) is 4.79 Å². The molecule has 0 aliphatic heterocycles. The molecule has 1 aromatic heterocycles. The number of esters is 1. The maximum Gasteiger partial charge on any atom is 0.339 e. The first-order valence-corrected chi connectivity index (χ1v) is 10.1. The summed E-state index contributed by atoms with van der Waals surface area (Å²) in [7, 11) is 1.65. The topological polar surface area (TPSA) is 68.6 Å². The lowest BCUT2D eigenvalue weighted by atomic mass is 10.1. The summed E-state index contributed by atoms with van der Waals surface area (Å²) in [4.78, 5) is 39.8. The minimum atomic E-state index is -0.705. The molecule has 0 aliphatic carbocycles. The van der Waals surface area contributed by atoms with Gasteiger partial charge in [-0.1, -0.05) is 30.3 Å². The maximum absolute atomic E-state index is 13.0. The van der Waals surface area contributed by atoms with Crippen molar-refractivity contribution in [1.82, 2.24) is 4.57 Å². The molecule has 160 valence electrons. The summed E-state index contributed by atoms with van der Waals surface area (Å²) >= 11 is 0. The van der Waals surface area contributed by atoms with Gasteiger partial charge in [0.15, 0.2) is 6.61 Å². The highest BCUT2D eigenvalue weighted by atomic mass is 16.5. The number of hydrogen-bond acceptors (Lipinski definition) is 4. The van der Waals surface area contributed by atoms with Crippen molar-refractivity contribution in [2.75, 3.05) is 18.6 Å². The lowest BCUT2D eigenvalue weighted by Crippen LogP contribution is -2.28. The molecule has 0 bridgehead atoms. The number of amides is 1. The fourth-order valence-electron chi connectivity index (χ4n) is 3.65. The molecule has 6 nitrogen and oxygen atoms in total. The van der Waals surface area contributed by atoms with Crippen LogP contribution in [-0.2, 0) is 11.3 Å². The molecule has 3 rings (SSSR count). The van der Waals surface area contributed by atoms with Crippen molar-refractivity contribution in [2.24, 2.45) is 0 Å². The highest BCUT2D eigenvalue weighted by Gasteiger charge is 2.23. The number of Topliss-reactive ketones (excluding diaryl/α,β-unsaturated/α-hetero) is 1. The third-order valence-corrected chi connectivity index (χ3v) is 5.35. The van der Waals surface area contributed by atoms with Crippen molar-refractivity contribution in [2.45, 2.75) is 27.3 Å². The number of benzene rings is 2. The molecule has 0 atom stereocenters. The second-order valence-corrected chi connectivity index (χ2v) is 7.27. The molecule has 0 N–H and O–H groups in total. The van der Waals surface area contributed by atoms with Gasteiger partial charge < -0.3 is 14.2 Å². The number of hydrogen-bond donors (Lipinski definition) is 0. The molecule has 0 spiro atoms. The molecule has 0 fully saturated rings. The Labute approximate surface area is 182 Å². The number of aromatic nitrogens is 1. The number of carbonyl (C=O) groups excluding carboxylic acids is 3. The average Bonchev–Trinajstić information content (AvgIpc) is 3.09. The van der Waals surface area contributed by atoms with Gasteiger partial charge >= 0.3 is 5.97 Å². The van der Waals surface area contributed by atoms with Gasteiger partial charge in [0.25, 0.3) is 5.91 Å². The molecule has 0 saturated carbocycles. The van der Waals surface area contributed by atoms with Crippen LogP contribution in [0.5, 0.6) is 0 Å². The Hall–Kier alpha value is -3.67. The first kappa shape index (κ1) is 22.0. The van der Waals surface area contributed by atoms with Crippen LogP contribution < -0.4 is 4.90 Å². The van der Waals surface area contributed by atoms with E-state index in [9.17, 15) is 14.4 Å². The lowest BCUT2D eigenvalue weighted by molar-refractivity contribution is 0.0472. The Morgan fingerprint density at radius 2 is 1.52 bits per heavy atom. The normalized spacial score (nSPS) is 10.6. The number of carbonyl (C=O) groups is 3. The van der Waals surface area contributed by atoms with Gasteiger partial charge in [0.05, 0.1) is 11.1 Å². The molecule has 0 radical (unpaired) electrons. The number of anilines is 1. The molecule has 31 heavy (non-hydrogen) atoms. The fraction of sp³-hybridized carbons (Fsp3) is 0.240. The van der Waals surface area contributed by atoms with Crippen LogP contribution in [0.1, 0.15) is 49.4 Å². The SMILES string of the molecule is CCn1c(C)cc(C(=O)COC(=O)c2ccccc2C(=O)N(C)c2ccccc2)c1C. The van der Waals surface area contributed by atoms with E-state index in [-0.39, 0.29) is 29.4 Å². The number of ether oxygens (including phenoxy) is 1. The van der Waals surface area contributed by atoms with Crippen molar-refractivity contribution in [3.63, 3.8) is 0 Å². The summed E-state index contributed by atoms with van der Waals surface area (Å²) in [6.07, 6.45) is 0. The standard InChI is InChI=1S/C25H26N2O4/c1-5-27-17(2)15-22(18(27)3)23(28)16-31-25(30)21-14-10-9-13-20(21)24(29)26(4)19-11-7-6-8-12-19/h6-15H,5,16H2,1-4H3. The number of nitrogens with zero attached hydrogens (tertiary/aromatic N) is 2. The Kier molecular flexibility index (Phi) is 6.70. The van der Waals surface area contributed by atoms with Gasteiger partial charge in [0, 0.05) is 36.2 Å². The first-order valence-electron chi connectivity index (χ1n) is 10.1. The third kappa shape index (κ3) is 4.58. The van der Waals surface area contributed by atoms with Gasteiger partial charge in [-0.2, -0.15) is 0 Å². The number of rotatable bonds is 7. The summed E-state index contributed by atoms with van der Waals surface area (Å²) in [5.74, 6) is -1.31. The molecule has 0 saturated heterocycles. The van der Waals surface area contributed by atoms with Crippen molar-refractivity contribution in [3.8, 4) is 0 Å². The fourth-order valence-corrected chi connectivity index (χ4v) is 3.65. The van der Waals surface area contributed by atoms with Gasteiger partial charge in [0.2, 0.25) is 5.78 Å². The van der Waals surface area contributed by atoms with Gasteiger partial charge in [-0.15, -0.1) is 0 Å². The molecule has 2 aromatic carbocycles. The highest BCUT2D eigenvalue weighted by Crippen LogP contribution is 2.19. The predicted octanol–water partition coefficient (Wildman–Crippen LogP) is 4.44. The van der Waals surface area contributed by atoms with Crippen molar-refractivity contribution in [3.05, 3.63) is 88.7 Å². The molecular formula is C25H26N2O4. The number of ketones is 1. The molecule has 3 aromatic rings. The first-order chi connectivity index (χ1) is 14.8. The molecule has 6 heteroatoms. The van der Waals surface area contributed by atoms with Crippen LogP contribution in [0.4, 0.5) is 5.69 Å². The zero-order chi connectivity index (χ0) is 22.5. The zero-order valence-corrected chi connectivity index (χ0v) is 18.2.